The quantitative estimate of drug-likeness (QED) is 0.698. The zero-order valence-corrected chi connectivity index (χ0v) is 15.1. The Balaban J connectivity index is 1.87. The van der Waals surface area contributed by atoms with Gasteiger partial charge in [0.15, 0.2) is 5.69 Å². The van der Waals surface area contributed by atoms with Gasteiger partial charge < -0.3 is 14.8 Å². The maximum atomic E-state index is 12.6. The fourth-order valence-corrected chi connectivity index (χ4v) is 2.60. The van der Waals surface area contributed by atoms with Crippen LogP contribution in [-0.2, 0) is 4.74 Å². The van der Waals surface area contributed by atoms with Crippen molar-refractivity contribution in [3.05, 3.63) is 65.5 Å². The molecule has 3 rings (SSSR count). The first kappa shape index (κ1) is 18.1. The molecule has 0 saturated heterocycles. The molecule has 0 aliphatic heterocycles. The molecular weight excluding hydrogens is 348 g/mol. The van der Waals surface area contributed by atoms with E-state index in [-0.39, 0.29) is 5.69 Å². The third-order valence-electron chi connectivity index (χ3n) is 3.96. The number of nitrogens with zero attached hydrogens (tertiary/aromatic N) is 3. The summed E-state index contributed by atoms with van der Waals surface area (Å²) >= 11 is 0. The molecule has 0 unspecified atom stereocenters. The number of amides is 1. The van der Waals surface area contributed by atoms with Crippen LogP contribution in [-0.4, -0.2) is 41.1 Å². The number of benzene rings is 2. The number of ether oxygens (including phenoxy) is 2. The van der Waals surface area contributed by atoms with Crippen LogP contribution in [0.15, 0.2) is 48.5 Å². The van der Waals surface area contributed by atoms with Gasteiger partial charge in [-0.3, -0.25) is 4.79 Å². The second kappa shape index (κ2) is 7.69. The van der Waals surface area contributed by atoms with E-state index in [2.05, 4.69) is 20.4 Å². The maximum Gasteiger partial charge on any atom is 0.337 e. The Morgan fingerprint density at radius 1 is 1.07 bits per heavy atom. The van der Waals surface area contributed by atoms with Gasteiger partial charge in [0, 0.05) is 5.69 Å². The van der Waals surface area contributed by atoms with E-state index in [9.17, 15) is 9.59 Å². The van der Waals surface area contributed by atoms with E-state index in [1.165, 1.54) is 13.2 Å². The Labute approximate surface area is 155 Å². The second-order valence-electron chi connectivity index (χ2n) is 5.63. The number of hydrogen-bond acceptors (Lipinski definition) is 6. The number of rotatable bonds is 5. The lowest BCUT2D eigenvalue weighted by atomic mass is 10.2. The molecule has 0 radical (unpaired) electrons. The first-order valence-electron chi connectivity index (χ1n) is 8.10. The van der Waals surface area contributed by atoms with Crippen LogP contribution in [0, 0.1) is 6.92 Å². The lowest BCUT2D eigenvalue weighted by molar-refractivity contribution is 0.0600. The van der Waals surface area contributed by atoms with Gasteiger partial charge in [0.05, 0.1) is 25.5 Å². The van der Waals surface area contributed by atoms with Crippen molar-refractivity contribution in [2.75, 3.05) is 19.5 Å². The molecule has 0 saturated carbocycles. The highest BCUT2D eigenvalue weighted by Gasteiger charge is 2.19. The van der Waals surface area contributed by atoms with Crippen molar-refractivity contribution in [1.82, 2.24) is 15.0 Å². The molecule has 0 fully saturated rings. The van der Waals surface area contributed by atoms with Crippen LogP contribution >= 0.6 is 0 Å². The van der Waals surface area contributed by atoms with E-state index in [0.29, 0.717) is 28.4 Å². The molecule has 1 aromatic heterocycles. The summed E-state index contributed by atoms with van der Waals surface area (Å²) < 4.78 is 11.6. The summed E-state index contributed by atoms with van der Waals surface area (Å²) in [5, 5.41) is 10.8. The smallest absolute Gasteiger partial charge is 0.337 e. The van der Waals surface area contributed by atoms with Crippen LogP contribution in [0.25, 0.3) is 5.69 Å². The standard InChI is InChI=1S/C19H18N4O4/c1-12-17(21-22-23(12)15-9-4-5-10-16(15)26-2)18(24)20-14-8-6-7-13(11-14)19(25)27-3/h4-11H,1-3H3,(H,20,24). The van der Waals surface area contributed by atoms with Gasteiger partial charge in [0.1, 0.15) is 11.4 Å². The number of para-hydroxylation sites is 2. The average Bonchev–Trinajstić information content (AvgIpc) is 3.08. The van der Waals surface area contributed by atoms with Crippen molar-refractivity contribution in [2.24, 2.45) is 0 Å². The van der Waals surface area contributed by atoms with Crippen LogP contribution in [0.1, 0.15) is 26.5 Å². The molecule has 1 heterocycles. The highest BCUT2D eigenvalue weighted by molar-refractivity contribution is 6.04. The number of esters is 1. The van der Waals surface area contributed by atoms with Crippen molar-refractivity contribution in [3.8, 4) is 11.4 Å². The lowest BCUT2D eigenvalue weighted by Crippen LogP contribution is -2.15. The van der Waals surface area contributed by atoms with Gasteiger partial charge in [-0.2, -0.15) is 0 Å². The van der Waals surface area contributed by atoms with Crippen molar-refractivity contribution in [1.29, 1.82) is 0 Å². The van der Waals surface area contributed by atoms with Crippen LogP contribution in [0.4, 0.5) is 5.69 Å². The molecule has 8 nitrogen and oxygen atoms in total. The number of methoxy groups -OCH3 is 2. The first-order chi connectivity index (χ1) is 13.0. The molecule has 1 N–H and O–H groups in total. The molecule has 2 aromatic carbocycles. The minimum Gasteiger partial charge on any atom is -0.494 e. The molecule has 0 aliphatic carbocycles. The van der Waals surface area contributed by atoms with E-state index in [0.717, 1.165) is 0 Å². The van der Waals surface area contributed by atoms with E-state index in [1.807, 2.05) is 18.2 Å². The van der Waals surface area contributed by atoms with Crippen LogP contribution in [0.3, 0.4) is 0 Å². The summed E-state index contributed by atoms with van der Waals surface area (Å²) in [5.41, 5.74) is 2.20. The monoisotopic (exact) mass is 366 g/mol. The highest BCUT2D eigenvalue weighted by Crippen LogP contribution is 2.23. The fourth-order valence-electron chi connectivity index (χ4n) is 2.60. The molecule has 138 valence electrons. The van der Waals surface area contributed by atoms with Gasteiger partial charge in [-0.25, -0.2) is 9.48 Å². The molecule has 27 heavy (non-hydrogen) atoms. The molecule has 0 atom stereocenters. The van der Waals surface area contributed by atoms with E-state index in [1.54, 1.807) is 43.0 Å². The van der Waals surface area contributed by atoms with E-state index in [4.69, 9.17) is 4.74 Å². The number of hydrogen-bond donors (Lipinski definition) is 1. The summed E-state index contributed by atoms with van der Waals surface area (Å²) in [6.07, 6.45) is 0. The fraction of sp³-hybridized carbons (Fsp3) is 0.158. The summed E-state index contributed by atoms with van der Waals surface area (Å²) in [6.45, 7) is 1.74. The Kier molecular flexibility index (Phi) is 5.16. The van der Waals surface area contributed by atoms with Crippen molar-refractivity contribution >= 4 is 17.6 Å². The van der Waals surface area contributed by atoms with Gasteiger partial charge >= 0.3 is 5.97 Å². The SMILES string of the molecule is COC(=O)c1cccc(NC(=O)c2nnn(-c3ccccc3OC)c2C)c1. The van der Waals surface area contributed by atoms with Gasteiger partial charge in [-0.1, -0.05) is 23.4 Å². The Morgan fingerprint density at radius 3 is 2.59 bits per heavy atom. The third kappa shape index (κ3) is 3.64. The molecule has 1 amide bonds. The lowest BCUT2D eigenvalue weighted by Gasteiger charge is -2.09. The normalized spacial score (nSPS) is 10.3. The number of nitrogens with one attached hydrogen (secondary N) is 1. The molecule has 8 heteroatoms. The Bertz CT molecular complexity index is 997. The Morgan fingerprint density at radius 2 is 1.85 bits per heavy atom. The third-order valence-corrected chi connectivity index (χ3v) is 3.96. The van der Waals surface area contributed by atoms with Crippen molar-refractivity contribution in [2.45, 2.75) is 6.92 Å². The summed E-state index contributed by atoms with van der Waals surface area (Å²) in [4.78, 5) is 24.2. The topological polar surface area (TPSA) is 95.3 Å². The van der Waals surface area contributed by atoms with Crippen molar-refractivity contribution in [3.63, 3.8) is 0 Å². The number of carbonyl (C=O) groups is 2. The number of aromatic nitrogens is 3. The molecule has 0 aliphatic rings. The first-order valence-corrected chi connectivity index (χ1v) is 8.10. The predicted molar refractivity (Wildman–Crippen MR) is 98.4 cm³/mol. The maximum absolute atomic E-state index is 12.6. The average molecular weight is 366 g/mol. The van der Waals surface area contributed by atoms with Gasteiger partial charge in [-0.05, 0) is 37.3 Å². The van der Waals surface area contributed by atoms with E-state index < -0.39 is 11.9 Å². The number of anilines is 1. The number of carbonyl (C=O) groups excluding carboxylic acids is 2. The highest BCUT2D eigenvalue weighted by atomic mass is 16.5. The Hall–Kier alpha value is -3.68. The largest absolute Gasteiger partial charge is 0.494 e. The summed E-state index contributed by atoms with van der Waals surface area (Å²) in [5.74, 6) is -0.303. The molecular formula is C19H18N4O4. The second-order valence-corrected chi connectivity index (χ2v) is 5.63. The van der Waals surface area contributed by atoms with Crippen molar-refractivity contribution < 1.29 is 19.1 Å². The van der Waals surface area contributed by atoms with Crippen LogP contribution in [0.5, 0.6) is 5.75 Å². The minimum atomic E-state index is -0.482. The zero-order chi connectivity index (χ0) is 19.4. The van der Waals surface area contributed by atoms with E-state index >= 15 is 0 Å². The predicted octanol–water partition coefficient (Wildman–Crippen LogP) is 2.62. The van der Waals surface area contributed by atoms with Gasteiger partial charge in [0.25, 0.3) is 5.91 Å². The molecule has 0 spiro atoms. The van der Waals surface area contributed by atoms with Gasteiger partial charge in [0.2, 0.25) is 0 Å². The molecule has 3 aromatic rings. The summed E-state index contributed by atoms with van der Waals surface area (Å²) in [7, 11) is 2.86. The van der Waals surface area contributed by atoms with Gasteiger partial charge in [-0.15, -0.1) is 5.10 Å². The summed E-state index contributed by atoms with van der Waals surface area (Å²) in [6, 6.07) is 13.8. The van der Waals surface area contributed by atoms with Crippen LogP contribution < -0.4 is 10.1 Å². The minimum absolute atomic E-state index is 0.171. The molecule has 0 bridgehead atoms. The van der Waals surface area contributed by atoms with Crippen LogP contribution in [0.2, 0.25) is 0 Å². The zero-order valence-electron chi connectivity index (χ0n) is 15.1.